The number of nitrogens with one attached hydrogen (secondary N) is 2. The van der Waals surface area contributed by atoms with E-state index in [4.69, 9.17) is 4.74 Å². The second kappa shape index (κ2) is 11.0. The molecule has 0 saturated heterocycles. The van der Waals surface area contributed by atoms with Gasteiger partial charge in [-0.3, -0.25) is 9.67 Å². The quantitative estimate of drug-likeness (QED) is 0.382. The number of hydrogen-bond acceptors (Lipinski definition) is 3. The number of aromatic nitrogens is 2. The highest BCUT2D eigenvalue weighted by molar-refractivity contribution is 14.0. The molecular weight excluding hydrogens is 429 g/mol. The van der Waals surface area contributed by atoms with E-state index in [0.717, 1.165) is 24.8 Å². The minimum absolute atomic E-state index is 0. The van der Waals surface area contributed by atoms with E-state index in [1.54, 1.807) is 7.05 Å². The van der Waals surface area contributed by atoms with E-state index in [2.05, 4.69) is 33.7 Å². The molecule has 1 unspecified atom stereocenters. The Bertz CT molecular complexity index is 671. The van der Waals surface area contributed by atoms with Crippen LogP contribution < -0.4 is 15.4 Å². The predicted molar refractivity (Wildman–Crippen MR) is 113 cm³/mol. The summed E-state index contributed by atoms with van der Waals surface area (Å²) in [5.41, 5.74) is 2.36. The highest BCUT2D eigenvalue weighted by atomic mass is 127. The van der Waals surface area contributed by atoms with Crippen LogP contribution in [0.15, 0.2) is 41.7 Å². The van der Waals surface area contributed by atoms with Crippen LogP contribution >= 0.6 is 24.0 Å². The lowest BCUT2D eigenvalue weighted by Gasteiger charge is -2.18. The van der Waals surface area contributed by atoms with Gasteiger partial charge in [-0.25, -0.2) is 0 Å². The fourth-order valence-electron chi connectivity index (χ4n) is 2.30. The third-order valence-corrected chi connectivity index (χ3v) is 3.50. The van der Waals surface area contributed by atoms with Gasteiger partial charge in [-0.05, 0) is 44.0 Å². The summed E-state index contributed by atoms with van der Waals surface area (Å²) in [5, 5.41) is 10.8. The Kier molecular flexibility index (Phi) is 9.33. The summed E-state index contributed by atoms with van der Waals surface area (Å²) < 4.78 is 7.82. The van der Waals surface area contributed by atoms with Crippen molar-refractivity contribution in [1.29, 1.82) is 0 Å². The maximum Gasteiger partial charge on any atom is 0.191 e. The Morgan fingerprint density at radius 2 is 2.08 bits per heavy atom. The summed E-state index contributed by atoms with van der Waals surface area (Å²) in [6.45, 7) is 8.36. The van der Waals surface area contributed by atoms with Gasteiger partial charge in [0.2, 0.25) is 0 Å². The van der Waals surface area contributed by atoms with Crippen molar-refractivity contribution in [3.63, 3.8) is 0 Å². The Labute approximate surface area is 167 Å². The number of ether oxygens (including phenoxy) is 1. The van der Waals surface area contributed by atoms with Crippen molar-refractivity contribution in [2.45, 2.75) is 33.4 Å². The first-order valence-electron chi connectivity index (χ1n) is 8.23. The van der Waals surface area contributed by atoms with Gasteiger partial charge in [0.25, 0.3) is 0 Å². The van der Waals surface area contributed by atoms with Crippen molar-refractivity contribution in [2.75, 3.05) is 20.1 Å². The third kappa shape index (κ3) is 7.76. The predicted octanol–water partition coefficient (Wildman–Crippen LogP) is 2.75. The molecule has 0 fully saturated rings. The summed E-state index contributed by atoms with van der Waals surface area (Å²) in [4.78, 5) is 4.23. The fourth-order valence-corrected chi connectivity index (χ4v) is 2.30. The number of aryl methyl sites for hydroxylation is 2. The Morgan fingerprint density at radius 1 is 1.28 bits per heavy atom. The lowest BCUT2D eigenvalue weighted by atomic mass is 10.2. The minimum Gasteiger partial charge on any atom is -0.489 e. The molecular formula is C18H28IN5O. The number of benzene rings is 1. The monoisotopic (exact) mass is 457 g/mol. The molecule has 0 amide bonds. The zero-order valence-corrected chi connectivity index (χ0v) is 17.7. The molecule has 2 N–H and O–H groups in total. The van der Waals surface area contributed by atoms with Crippen molar-refractivity contribution in [3.8, 4) is 5.75 Å². The molecule has 1 atom stereocenters. The first-order valence-corrected chi connectivity index (χ1v) is 8.23. The lowest BCUT2D eigenvalue weighted by molar-refractivity contribution is 0.223. The summed E-state index contributed by atoms with van der Waals surface area (Å²) in [6.07, 6.45) is 3.92. The molecule has 2 aromatic rings. The maximum atomic E-state index is 5.91. The highest BCUT2D eigenvalue weighted by Crippen LogP contribution is 2.13. The van der Waals surface area contributed by atoms with Crippen LogP contribution in [0.1, 0.15) is 18.1 Å². The zero-order chi connectivity index (χ0) is 17.4. The Morgan fingerprint density at radius 3 is 2.72 bits per heavy atom. The third-order valence-electron chi connectivity index (χ3n) is 3.50. The number of hydrogen-bond donors (Lipinski definition) is 2. The SMILES string of the molecule is CN=C(NCCn1cc(C)cn1)NCC(C)Oc1cccc(C)c1.I. The molecule has 0 bridgehead atoms. The molecule has 7 heteroatoms. The first kappa shape index (κ1) is 21.3. The smallest absolute Gasteiger partial charge is 0.191 e. The van der Waals surface area contributed by atoms with Crippen molar-refractivity contribution < 1.29 is 4.74 Å². The molecule has 6 nitrogen and oxygen atoms in total. The standard InChI is InChI=1S/C18H27N5O.HI/c1-14-6-5-7-17(10-14)24-16(3)12-21-18(19-4)20-8-9-23-13-15(2)11-22-23;/h5-7,10-11,13,16H,8-9,12H2,1-4H3,(H2,19,20,21);1H. The first-order chi connectivity index (χ1) is 11.6. The zero-order valence-electron chi connectivity index (χ0n) is 15.3. The molecule has 0 aliphatic rings. The van der Waals surface area contributed by atoms with E-state index in [0.29, 0.717) is 6.54 Å². The topological polar surface area (TPSA) is 63.5 Å². The van der Waals surface area contributed by atoms with Crippen molar-refractivity contribution in [2.24, 2.45) is 4.99 Å². The van der Waals surface area contributed by atoms with Crippen LogP contribution in [-0.2, 0) is 6.54 Å². The van der Waals surface area contributed by atoms with Gasteiger partial charge in [0.1, 0.15) is 11.9 Å². The molecule has 0 aliphatic carbocycles. The summed E-state index contributed by atoms with van der Waals surface area (Å²) >= 11 is 0. The van der Waals surface area contributed by atoms with Crippen molar-refractivity contribution in [3.05, 3.63) is 47.8 Å². The van der Waals surface area contributed by atoms with E-state index in [-0.39, 0.29) is 30.1 Å². The van der Waals surface area contributed by atoms with Crippen molar-refractivity contribution >= 4 is 29.9 Å². The maximum absolute atomic E-state index is 5.91. The number of halogens is 1. The van der Waals surface area contributed by atoms with E-state index in [9.17, 15) is 0 Å². The van der Waals surface area contributed by atoms with Gasteiger partial charge in [0.15, 0.2) is 5.96 Å². The van der Waals surface area contributed by atoms with E-state index in [1.807, 2.05) is 49.1 Å². The van der Waals surface area contributed by atoms with Gasteiger partial charge >= 0.3 is 0 Å². The van der Waals surface area contributed by atoms with Gasteiger partial charge in [-0.15, -0.1) is 24.0 Å². The molecule has 25 heavy (non-hydrogen) atoms. The average molecular weight is 457 g/mol. The van der Waals surface area contributed by atoms with Gasteiger partial charge in [0, 0.05) is 19.8 Å². The Balaban J connectivity index is 0.00000312. The molecule has 138 valence electrons. The molecule has 2 rings (SSSR count). The van der Waals surface area contributed by atoms with E-state index < -0.39 is 0 Å². The van der Waals surface area contributed by atoms with Gasteiger partial charge < -0.3 is 15.4 Å². The second-order valence-corrected chi connectivity index (χ2v) is 5.91. The van der Waals surface area contributed by atoms with Crippen LogP contribution in [0.4, 0.5) is 0 Å². The molecule has 1 heterocycles. The number of rotatable bonds is 7. The minimum atomic E-state index is 0. The van der Waals surface area contributed by atoms with Gasteiger partial charge in [-0.1, -0.05) is 12.1 Å². The van der Waals surface area contributed by atoms with Gasteiger partial charge in [-0.2, -0.15) is 5.10 Å². The van der Waals surface area contributed by atoms with Crippen LogP contribution in [0.2, 0.25) is 0 Å². The van der Waals surface area contributed by atoms with Crippen LogP contribution in [-0.4, -0.2) is 42.0 Å². The fraction of sp³-hybridized carbons (Fsp3) is 0.444. The van der Waals surface area contributed by atoms with Crippen LogP contribution in [0, 0.1) is 13.8 Å². The molecule has 1 aromatic carbocycles. The molecule has 0 saturated carbocycles. The molecule has 0 radical (unpaired) electrons. The summed E-state index contributed by atoms with van der Waals surface area (Å²) in [6, 6.07) is 8.07. The number of aliphatic imine (C=N–C) groups is 1. The molecule has 1 aromatic heterocycles. The van der Waals surface area contributed by atoms with Crippen LogP contribution in [0.5, 0.6) is 5.75 Å². The largest absolute Gasteiger partial charge is 0.489 e. The lowest BCUT2D eigenvalue weighted by Crippen LogP contribution is -2.42. The normalized spacial score (nSPS) is 12.2. The Hall–Kier alpha value is -1.77. The summed E-state index contributed by atoms with van der Waals surface area (Å²) in [5.74, 6) is 1.65. The van der Waals surface area contributed by atoms with Crippen molar-refractivity contribution in [1.82, 2.24) is 20.4 Å². The number of nitrogens with zero attached hydrogens (tertiary/aromatic N) is 3. The average Bonchev–Trinajstić information content (AvgIpc) is 2.96. The molecule has 0 aliphatic heterocycles. The van der Waals surface area contributed by atoms with Crippen LogP contribution in [0.25, 0.3) is 0 Å². The van der Waals surface area contributed by atoms with Gasteiger partial charge in [0.05, 0.1) is 19.3 Å². The summed E-state index contributed by atoms with van der Waals surface area (Å²) in [7, 11) is 1.76. The second-order valence-electron chi connectivity index (χ2n) is 5.91. The van der Waals surface area contributed by atoms with E-state index in [1.165, 1.54) is 11.1 Å². The van der Waals surface area contributed by atoms with Crippen LogP contribution in [0.3, 0.4) is 0 Å². The highest BCUT2D eigenvalue weighted by Gasteiger charge is 2.06. The molecule has 0 spiro atoms. The number of guanidine groups is 1. The van der Waals surface area contributed by atoms with E-state index >= 15 is 0 Å².